The van der Waals surface area contributed by atoms with E-state index < -0.39 is 0 Å². The third-order valence-electron chi connectivity index (χ3n) is 3.14. The zero-order valence-electron chi connectivity index (χ0n) is 13.5. The highest BCUT2D eigenvalue weighted by Crippen LogP contribution is 2.28. The molecular formula is C17H19ClN2O4. The quantitative estimate of drug-likeness (QED) is 0.749. The van der Waals surface area contributed by atoms with Gasteiger partial charge in [0.15, 0.2) is 0 Å². The molecule has 0 aliphatic rings. The summed E-state index contributed by atoms with van der Waals surface area (Å²) >= 11 is 5.98. The minimum atomic E-state index is -0.360. The van der Waals surface area contributed by atoms with Gasteiger partial charge in [0, 0.05) is 6.07 Å². The molecule has 0 radical (unpaired) electrons. The predicted octanol–water partition coefficient (Wildman–Crippen LogP) is 3.56. The molecule has 128 valence electrons. The van der Waals surface area contributed by atoms with E-state index >= 15 is 0 Å². The number of urea groups is 1. The Morgan fingerprint density at radius 1 is 1.08 bits per heavy atom. The Kier molecular flexibility index (Phi) is 6.57. The maximum Gasteiger partial charge on any atom is 0.319 e. The van der Waals surface area contributed by atoms with Gasteiger partial charge in [-0.15, -0.1) is 0 Å². The Balaban J connectivity index is 1.80. The molecule has 2 aromatic rings. The van der Waals surface area contributed by atoms with E-state index in [9.17, 15) is 4.79 Å². The molecule has 24 heavy (non-hydrogen) atoms. The van der Waals surface area contributed by atoms with Gasteiger partial charge >= 0.3 is 6.03 Å². The standard InChI is InChI=1S/C17H19ClN2O4/c1-22-12-7-8-14(16(11-12)23-2)20-17(21)19-9-10-24-15-6-4-3-5-13(15)18/h3-8,11H,9-10H2,1-2H3,(H2,19,20,21). The number of methoxy groups -OCH3 is 2. The van der Waals surface area contributed by atoms with Gasteiger partial charge in [-0.05, 0) is 24.3 Å². The van der Waals surface area contributed by atoms with Crippen LogP contribution in [0.3, 0.4) is 0 Å². The first kappa shape index (κ1) is 17.7. The number of para-hydroxylation sites is 1. The van der Waals surface area contributed by atoms with Crippen LogP contribution in [0.2, 0.25) is 5.02 Å². The third-order valence-corrected chi connectivity index (χ3v) is 3.45. The SMILES string of the molecule is COc1ccc(NC(=O)NCCOc2ccccc2Cl)c(OC)c1. The number of nitrogens with one attached hydrogen (secondary N) is 2. The van der Waals surface area contributed by atoms with E-state index in [-0.39, 0.29) is 6.03 Å². The van der Waals surface area contributed by atoms with Gasteiger partial charge < -0.3 is 24.8 Å². The average Bonchev–Trinajstić information content (AvgIpc) is 2.60. The van der Waals surface area contributed by atoms with Gasteiger partial charge in [0.05, 0.1) is 31.5 Å². The molecule has 2 amide bonds. The van der Waals surface area contributed by atoms with Gasteiger partial charge in [-0.3, -0.25) is 0 Å². The van der Waals surface area contributed by atoms with Crippen molar-refractivity contribution in [3.63, 3.8) is 0 Å². The molecule has 0 unspecified atom stereocenters. The van der Waals surface area contributed by atoms with Crippen molar-refractivity contribution in [1.29, 1.82) is 0 Å². The van der Waals surface area contributed by atoms with E-state index in [2.05, 4.69) is 10.6 Å². The number of carbonyl (C=O) groups excluding carboxylic acids is 1. The Labute approximate surface area is 145 Å². The first-order valence-corrected chi connectivity index (χ1v) is 7.66. The number of anilines is 1. The molecule has 0 aliphatic heterocycles. The summed E-state index contributed by atoms with van der Waals surface area (Å²) in [7, 11) is 3.09. The first-order valence-electron chi connectivity index (χ1n) is 7.28. The predicted molar refractivity (Wildman–Crippen MR) is 93.5 cm³/mol. The highest BCUT2D eigenvalue weighted by atomic mass is 35.5. The topological polar surface area (TPSA) is 68.8 Å². The highest BCUT2D eigenvalue weighted by Gasteiger charge is 2.08. The second kappa shape index (κ2) is 8.88. The molecule has 0 saturated heterocycles. The van der Waals surface area contributed by atoms with E-state index in [4.69, 9.17) is 25.8 Å². The van der Waals surface area contributed by atoms with Gasteiger partial charge in [-0.2, -0.15) is 0 Å². The molecule has 0 heterocycles. The number of ether oxygens (including phenoxy) is 3. The van der Waals surface area contributed by atoms with Crippen LogP contribution in [-0.4, -0.2) is 33.4 Å². The molecule has 2 aromatic carbocycles. The summed E-state index contributed by atoms with van der Waals surface area (Å²) in [5.41, 5.74) is 0.544. The number of rotatable bonds is 7. The number of amides is 2. The summed E-state index contributed by atoms with van der Waals surface area (Å²) in [5, 5.41) is 5.94. The van der Waals surface area contributed by atoms with Crippen molar-refractivity contribution in [2.24, 2.45) is 0 Å². The minimum absolute atomic E-state index is 0.302. The molecule has 6 nitrogen and oxygen atoms in total. The minimum Gasteiger partial charge on any atom is -0.497 e. The Morgan fingerprint density at radius 2 is 1.88 bits per heavy atom. The summed E-state index contributed by atoms with van der Waals surface area (Å²) < 4.78 is 15.8. The molecule has 2 N–H and O–H groups in total. The van der Waals surface area contributed by atoms with Crippen LogP contribution in [0.5, 0.6) is 17.2 Å². The van der Waals surface area contributed by atoms with Crippen LogP contribution in [0.25, 0.3) is 0 Å². The zero-order valence-corrected chi connectivity index (χ0v) is 14.2. The fourth-order valence-electron chi connectivity index (χ4n) is 1.96. The summed E-state index contributed by atoms with van der Waals surface area (Å²) in [6.45, 7) is 0.631. The molecule has 2 rings (SSSR count). The van der Waals surface area contributed by atoms with Gasteiger partial charge in [-0.25, -0.2) is 4.79 Å². The number of carbonyl (C=O) groups is 1. The van der Waals surface area contributed by atoms with Crippen LogP contribution < -0.4 is 24.8 Å². The molecule has 0 saturated carbocycles. The smallest absolute Gasteiger partial charge is 0.319 e. The molecule has 7 heteroatoms. The van der Waals surface area contributed by atoms with E-state index in [1.807, 2.05) is 12.1 Å². The van der Waals surface area contributed by atoms with Gasteiger partial charge in [0.1, 0.15) is 23.9 Å². The van der Waals surface area contributed by atoms with Crippen molar-refractivity contribution >= 4 is 23.3 Å². The second-order valence-corrected chi connectivity index (χ2v) is 5.13. The van der Waals surface area contributed by atoms with Crippen LogP contribution in [0.4, 0.5) is 10.5 Å². The van der Waals surface area contributed by atoms with Crippen LogP contribution in [0, 0.1) is 0 Å². The summed E-state index contributed by atoms with van der Waals surface area (Å²) in [4.78, 5) is 11.9. The molecular weight excluding hydrogens is 332 g/mol. The molecule has 0 aliphatic carbocycles. The van der Waals surface area contributed by atoms with Crippen LogP contribution >= 0.6 is 11.6 Å². The van der Waals surface area contributed by atoms with Gasteiger partial charge in [0.25, 0.3) is 0 Å². The van der Waals surface area contributed by atoms with Crippen molar-refractivity contribution in [2.45, 2.75) is 0 Å². The lowest BCUT2D eigenvalue weighted by Crippen LogP contribution is -2.32. The van der Waals surface area contributed by atoms with Crippen LogP contribution in [-0.2, 0) is 0 Å². The fourth-order valence-corrected chi connectivity index (χ4v) is 2.15. The monoisotopic (exact) mass is 350 g/mol. The van der Waals surface area contributed by atoms with Gasteiger partial charge in [0.2, 0.25) is 0 Å². The van der Waals surface area contributed by atoms with E-state index in [1.54, 1.807) is 37.4 Å². The molecule has 0 fully saturated rings. The van der Waals surface area contributed by atoms with Crippen molar-refractivity contribution < 1.29 is 19.0 Å². The lowest BCUT2D eigenvalue weighted by Gasteiger charge is -2.13. The Morgan fingerprint density at radius 3 is 2.58 bits per heavy atom. The maximum atomic E-state index is 11.9. The lowest BCUT2D eigenvalue weighted by molar-refractivity contribution is 0.247. The number of hydrogen-bond acceptors (Lipinski definition) is 4. The lowest BCUT2D eigenvalue weighted by atomic mass is 10.2. The summed E-state index contributed by atoms with van der Waals surface area (Å²) in [5.74, 6) is 1.74. The normalized spacial score (nSPS) is 9.96. The van der Waals surface area contributed by atoms with E-state index in [0.717, 1.165) is 0 Å². The number of hydrogen-bond donors (Lipinski definition) is 2. The Hall–Kier alpha value is -2.60. The summed E-state index contributed by atoms with van der Waals surface area (Å²) in [6.07, 6.45) is 0. The second-order valence-electron chi connectivity index (χ2n) is 4.73. The van der Waals surface area contributed by atoms with E-state index in [0.29, 0.717) is 41.1 Å². The van der Waals surface area contributed by atoms with Crippen molar-refractivity contribution in [3.8, 4) is 17.2 Å². The molecule has 0 atom stereocenters. The average molecular weight is 351 g/mol. The highest BCUT2D eigenvalue weighted by molar-refractivity contribution is 6.32. The number of benzene rings is 2. The molecule has 0 aromatic heterocycles. The number of halogens is 1. The molecule has 0 spiro atoms. The van der Waals surface area contributed by atoms with Crippen molar-refractivity contribution in [3.05, 3.63) is 47.5 Å². The third kappa shape index (κ3) is 4.96. The van der Waals surface area contributed by atoms with Gasteiger partial charge in [-0.1, -0.05) is 23.7 Å². The zero-order chi connectivity index (χ0) is 17.4. The van der Waals surface area contributed by atoms with Crippen molar-refractivity contribution in [2.75, 3.05) is 32.7 Å². The first-order chi connectivity index (χ1) is 11.6. The summed E-state index contributed by atoms with van der Waals surface area (Å²) in [6, 6.07) is 11.9. The maximum absolute atomic E-state index is 11.9. The Bertz CT molecular complexity index is 694. The van der Waals surface area contributed by atoms with Crippen LogP contribution in [0.1, 0.15) is 0 Å². The fraction of sp³-hybridized carbons (Fsp3) is 0.235. The van der Waals surface area contributed by atoms with Crippen molar-refractivity contribution in [1.82, 2.24) is 5.32 Å². The van der Waals surface area contributed by atoms with E-state index in [1.165, 1.54) is 7.11 Å². The molecule has 0 bridgehead atoms. The van der Waals surface area contributed by atoms with Crippen LogP contribution in [0.15, 0.2) is 42.5 Å². The largest absolute Gasteiger partial charge is 0.497 e.